The highest BCUT2D eigenvalue weighted by Gasteiger charge is 2.65. The number of hydrogen-bond acceptors (Lipinski definition) is 5. The monoisotopic (exact) mass is 398 g/mol. The third kappa shape index (κ3) is 4.54. The summed E-state index contributed by atoms with van der Waals surface area (Å²) in [6.45, 7) is 0. The molecule has 144 valence electrons. The molecule has 2 aromatic carbocycles. The Bertz CT molecular complexity index is 840. The summed E-state index contributed by atoms with van der Waals surface area (Å²) in [5.74, 6) is 0.983. The highest BCUT2D eigenvalue weighted by Crippen LogP contribution is 3.02. The third-order valence-corrected chi connectivity index (χ3v) is 4.40. The minimum Gasteiger partial charge on any atom is -0.494 e. The van der Waals surface area contributed by atoms with E-state index in [-0.39, 0.29) is 29.3 Å². The zero-order chi connectivity index (χ0) is 19.7. The number of methoxy groups -OCH3 is 3. The van der Waals surface area contributed by atoms with E-state index < -0.39 is 15.1 Å². The van der Waals surface area contributed by atoms with E-state index in [1.807, 2.05) is 0 Å². The maximum absolute atomic E-state index is 12.7. The molecule has 0 fully saturated rings. The standard InChI is InChI=1S/C15H15F5N2O3S/c1-23-13-9-15(25-3)14(24-2)8-12(13)22-21-10-4-6-11(7-5-10)26(16,17,18,19)20/h4-9H,1-3H3. The molecule has 0 atom stereocenters. The zero-order valence-electron chi connectivity index (χ0n) is 13.9. The zero-order valence-corrected chi connectivity index (χ0v) is 14.7. The fourth-order valence-electron chi connectivity index (χ4n) is 1.97. The van der Waals surface area contributed by atoms with E-state index in [1.54, 1.807) is 0 Å². The van der Waals surface area contributed by atoms with Crippen molar-refractivity contribution in [1.82, 2.24) is 0 Å². The molecule has 2 rings (SSSR count). The van der Waals surface area contributed by atoms with Gasteiger partial charge in [-0.1, -0.05) is 19.4 Å². The van der Waals surface area contributed by atoms with Crippen LogP contribution in [0.1, 0.15) is 0 Å². The first-order valence-corrected chi connectivity index (χ1v) is 8.89. The smallest absolute Gasteiger partial charge is 0.310 e. The van der Waals surface area contributed by atoms with Gasteiger partial charge in [-0.25, -0.2) is 0 Å². The van der Waals surface area contributed by atoms with Crippen molar-refractivity contribution in [2.24, 2.45) is 10.2 Å². The Morgan fingerprint density at radius 3 is 1.65 bits per heavy atom. The average molecular weight is 398 g/mol. The molecule has 0 N–H and O–H groups in total. The Kier molecular flexibility index (Phi) is 4.57. The highest BCUT2D eigenvalue weighted by atomic mass is 32.5. The fraction of sp³-hybridized carbons (Fsp3) is 0.200. The minimum atomic E-state index is -9.71. The van der Waals surface area contributed by atoms with Crippen LogP contribution >= 0.6 is 10.2 Å². The number of nitrogens with zero attached hydrogens (tertiary/aromatic N) is 2. The van der Waals surface area contributed by atoms with Crippen molar-refractivity contribution in [3.05, 3.63) is 36.4 Å². The predicted molar refractivity (Wildman–Crippen MR) is 88.1 cm³/mol. The van der Waals surface area contributed by atoms with Gasteiger partial charge in [0.15, 0.2) is 11.5 Å². The van der Waals surface area contributed by atoms with Crippen LogP contribution in [0.2, 0.25) is 0 Å². The van der Waals surface area contributed by atoms with E-state index in [1.165, 1.54) is 33.5 Å². The summed E-state index contributed by atoms with van der Waals surface area (Å²) in [5, 5.41) is 7.60. The number of rotatable bonds is 6. The van der Waals surface area contributed by atoms with Crippen LogP contribution in [0.5, 0.6) is 17.2 Å². The summed E-state index contributed by atoms with van der Waals surface area (Å²) in [7, 11) is -5.50. The van der Waals surface area contributed by atoms with Crippen LogP contribution in [0, 0.1) is 0 Å². The first-order valence-electron chi connectivity index (χ1n) is 6.94. The van der Waals surface area contributed by atoms with Crippen molar-refractivity contribution >= 4 is 21.6 Å². The molecule has 0 amide bonds. The molecule has 0 unspecified atom stereocenters. The normalized spacial score (nSPS) is 14.6. The van der Waals surface area contributed by atoms with Crippen molar-refractivity contribution in [2.45, 2.75) is 4.90 Å². The van der Waals surface area contributed by atoms with Crippen LogP contribution in [0.4, 0.5) is 30.8 Å². The van der Waals surface area contributed by atoms with Crippen LogP contribution in [0.25, 0.3) is 0 Å². The average Bonchev–Trinajstić information content (AvgIpc) is 2.57. The van der Waals surface area contributed by atoms with Gasteiger partial charge in [0.2, 0.25) is 0 Å². The maximum atomic E-state index is 12.7. The van der Waals surface area contributed by atoms with Gasteiger partial charge < -0.3 is 14.2 Å². The molecule has 5 nitrogen and oxygen atoms in total. The molecule has 0 aliphatic carbocycles. The lowest BCUT2D eigenvalue weighted by Gasteiger charge is -2.40. The van der Waals surface area contributed by atoms with Crippen molar-refractivity contribution in [3.63, 3.8) is 0 Å². The van der Waals surface area contributed by atoms with Crippen LogP contribution in [0.15, 0.2) is 51.5 Å². The molecular weight excluding hydrogens is 383 g/mol. The van der Waals surface area contributed by atoms with E-state index in [0.29, 0.717) is 11.5 Å². The Morgan fingerprint density at radius 2 is 1.19 bits per heavy atom. The molecule has 11 heteroatoms. The second-order valence-corrected chi connectivity index (χ2v) is 7.45. The molecule has 0 saturated carbocycles. The molecule has 0 aliphatic heterocycles. The van der Waals surface area contributed by atoms with Gasteiger partial charge in [-0.05, 0) is 24.3 Å². The van der Waals surface area contributed by atoms with E-state index in [2.05, 4.69) is 10.2 Å². The summed E-state index contributed by atoms with van der Waals surface area (Å²) in [6.07, 6.45) is 0. The first kappa shape index (κ1) is 19.8. The Hall–Kier alpha value is -2.56. The lowest BCUT2D eigenvalue weighted by molar-refractivity contribution is 0.349. The summed E-state index contributed by atoms with van der Waals surface area (Å²) in [5.41, 5.74) is 0.161. The Morgan fingerprint density at radius 1 is 0.692 bits per heavy atom. The highest BCUT2D eigenvalue weighted by molar-refractivity contribution is 8.45. The third-order valence-electron chi connectivity index (χ3n) is 3.24. The molecule has 0 saturated heterocycles. The van der Waals surface area contributed by atoms with E-state index in [4.69, 9.17) is 14.2 Å². The second kappa shape index (κ2) is 6.01. The first-order chi connectivity index (χ1) is 11.9. The lowest BCUT2D eigenvalue weighted by atomic mass is 10.2. The molecular formula is C15H15F5N2O3S. The van der Waals surface area contributed by atoms with Crippen LogP contribution in [0.3, 0.4) is 0 Å². The molecule has 0 radical (unpaired) electrons. The number of ether oxygens (including phenoxy) is 3. The quantitative estimate of drug-likeness (QED) is 0.398. The van der Waals surface area contributed by atoms with Crippen LogP contribution in [-0.2, 0) is 0 Å². The molecule has 2 aromatic rings. The van der Waals surface area contributed by atoms with Gasteiger partial charge in [0.1, 0.15) is 16.3 Å². The number of azo groups is 1. The molecule has 0 spiro atoms. The minimum absolute atomic E-state index is 0.0487. The second-order valence-electron chi connectivity index (χ2n) is 5.04. The maximum Gasteiger partial charge on any atom is 0.310 e. The van der Waals surface area contributed by atoms with E-state index in [0.717, 1.165) is 12.1 Å². The molecule has 0 heterocycles. The van der Waals surface area contributed by atoms with E-state index >= 15 is 0 Å². The van der Waals surface area contributed by atoms with Gasteiger partial charge in [0.25, 0.3) is 0 Å². The van der Waals surface area contributed by atoms with Gasteiger partial charge in [0.05, 0.1) is 27.0 Å². The predicted octanol–water partition coefficient (Wildman–Crippen LogP) is 6.79. The van der Waals surface area contributed by atoms with Gasteiger partial charge in [-0.2, -0.15) is 5.11 Å². The number of halogens is 5. The summed E-state index contributed by atoms with van der Waals surface area (Å²) in [6, 6.07) is 5.06. The molecule has 0 aromatic heterocycles. The Balaban J connectivity index is 2.36. The van der Waals surface area contributed by atoms with Gasteiger partial charge in [0, 0.05) is 12.1 Å². The van der Waals surface area contributed by atoms with E-state index in [9.17, 15) is 19.4 Å². The van der Waals surface area contributed by atoms with Crippen molar-refractivity contribution < 1.29 is 33.6 Å². The van der Waals surface area contributed by atoms with Gasteiger partial charge >= 0.3 is 10.2 Å². The summed E-state index contributed by atoms with van der Waals surface area (Å²) >= 11 is 0. The SMILES string of the molecule is COc1cc(OC)c(OC)cc1N=Nc1ccc(S(F)(F)(F)(F)F)cc1. The number of benzene rings is 2. The summed E-state index contributed by atoms with van der Waals surface area (Å²) in [4.78, 5) is -1.99. The topological polar surface area (TPSA) is 52.4 Å². The molecule has 0 aliphatic rings. The fourth-order valence-corrected chi connectivity index (χ4v) is 2.62. The van der Waals surface area contributed by atoms with Gasteiger partial charge in [-0.15, -0.1) is 5.11 Å². The summed E-state index contributed by atoms with van der Waals surface area (Å²) < 4.78 is 78.8. The van der Waals surface area contributed by atoms with Gasteiger partial charge in [-0.3, -0.25) is 0 Å². The Labute approximate surface area is 146 Å². The van der Waals surface area contributed by atoms with Crippen molar-refractivity contribution in [2.75, 3.05) is 21.3 Å². The van der Waals surface area contributed by atoms with Crippen molar-refractivity contribution in [3.8, 4) is 17.2 Å². The largest absolute Gasteiger partial charge is 0.494 e. The van der Waals surface area contributed by atoms with Crippen LogP contribution in [-0.4, -0.2) is 21.3 Å². The lowest BCUT2D eigenvalue weighted by Crippen LogP contribution is -2.05. The molecule has 26 heavy (non-hydrogen) atoms. The van der Waals surface area contributed by atoms with Crippen molar-refractivity contribution in [1.29, 1.82) is 0 Å². The van der Waals surface area contributed by atoms with Crippen LogP contribution < -0.4 is 14.2 Å². The number of hydrogen-bond donors (Lipinski definition) is 0. The molecule has 0 bridgehead atoms.